The van der Waals surface area contributed by atoms with Crippen molar-refractivity contribution in [2.45, 2.75) is 19.4 Å². The Morgan fingerprint density at radius 2 is 2.30 bits per heavy atom. The van der Waals surface area contributed by atoms with Crippen molar-refractivity contribution in [3.05, 3.63) is 33.9 Å². The van der Waals surface area contributed by atoms with Crippen LogP contribution in [0.2, 0.25) is 0 Å². The Bertz CT molecular complexity index is 531. The largest absolute Gasteiger partial charge is 0.478 e. The van der Waals surface area contributed by atoms with E-state index in [0.29, 0.717) is 25.4 Å². The molecule has 1 fully saturated rings. The molecule has 0 bridgehead atoms. The molecule has 1 aromatic rings. The molecule has 7 nitrogen and oxygen atoms in total. The summed E-state index contributed by atoms with van der Waals surface area (Å²) in [6.45, 7) is 3.74. The van der Waals surface area contributed by atoms with Gasteiger partial charge in [-0.1, -0.05) is 0 Å². The minimum Gasteiger partial charge on any atom is -0.478 e. The van der Waals surface area contributed by atoms with Crippen LogP contribution < -0.4 is 4.90 Å². The van der Waals surface area contributed by atoms with E-state index in [1.807, 2.05) is 11.8 Å². The summed E-state index contributed by atoms with van der Waals surface area (Å²) >= 11 is 0. The summed E-state index contributed by atoms with van der Waals surface area (Å²) in [7, 11) is 0. The molecule has 1 aromatic carbocycles. The summed E-state index contributed by atoms with van der Waals surface area (Å²) in [4.78, 5) is 23.4. The van der Waals surface area contributed by atoms with Crippen molar-refractivity contribution in [3.8, 4) is 0 Å². The first-order valence-electron chi connectivity index (χ1n) is 6.37. The summed E-state index contributed by atoms with van der Waals surface area (Å²) in [5, 5.41) is 20.1. The van der Waals surface area contributed by atoms with E-state index < -0.39 is 10.9 Å². The quantitative estimate of drug-likeness (QED) is 0.671. The van der Waals surface area contributed by atoms with Gasteiger partial charge in [0.15, 0.2) is 0 Å². The number of aromatic carboxylic acids is 1. The number of carbonyl (C=O) groups is 1. The van der Waals surface area contributed by atoms with Crippen LogP contribution in [0.15, 0.2) is 18.2 Å². The molecule has 0 aromatic heterocycles. The summed E-state index contributed by atoms with van der Waals surface area (Å²) in [6.07, 6.45) is 0.763. The zero-order chi connectivity index (χ0) is 14.7. The molecule has 1 aliphatic rings. The Kier molecular flexibility index (Phi) is 4.19. The predicted octanol–water partition coefficient (Wildman–Crippen LogP) is 1.91. The SMILES string of the molecule is CC1CN(c2ccc(C(=O)O)cc2[N+](=O)[O-])CCCO1. The van der Waals surface area contributed by atoms with Crippen LogP contribution in [0.3, 0.4) is 0 Å². The molecule has 0 radical (unpaired) electrons. The molecular formula is C13H16N2O5. The Morgan fingerprint density at radius 3 is 2.95 bits per heavy atom. The smallest absolute Gasteiger partial charge is 0.335 e. The molecule has 7 heteroatoms. The van der Waals surface area contributed by atoms with Crippen molar-refractivity contribution in [2.75, 3.05) is 24.6 Å². The second kappa shape index (κ2) is 5.87. The minimum atomic E-state index is -1.17. The van der Waals surface area contributed by atoms with Crippen LogP contribution >= 0.6 is 0 Å². The second-order valence-electron chi connectivity index (χ2n) is 4.75. The van der Waals surface area contributed by atoms with Gasteiger partial charge in [-0.15, -0.1) is 0 Å². The summed E-state index contributed by atoms with van der Waals surface area (Å²) in [6, 6.07) is 3.99. The lowest BCUT2D eigenvalue weighted by Gasteiger charge is -2.24. The summed E-state index contributed by atoms with van der Waals surface area (Å²) in [5.41, 5.74) is 0.177. The number of hydrogen-bond donors (Lipinski definition) is 1. The number of anilines is 1. The minimum absolute atomic E-state index is 0.0174. The van der Waals surface area contributed by atoms with Crippen molar-refractivity contribution in [1.82, 2.24) is 0 Å². The van der Waals surface area contributed by atoms with Crippen molar-refractivity contribution in [1.29, 1.82) is 0 Å². The van der Waals surface area contributed by atoms with E-state index in [2.05, 4.69) is 0 Å². The first-order chi connectivity index (χ1) is 9.49. The van der Waals surface area contributed by atoms with Gasteiger partial charge >= 0.3 is 5.97 Å². The molecule has 0 amide bonds. The van der Waals surface area contributed by atoms with E-state index in [4.69, 9.17) is 9.84 Å². The maximum absolute atomic E-state index is 11.2. The lowest BCUT2D eigenvalue weighted by Crippen LogP contribution is -2.30. The summed E-state index contributed by atoms with van der Waals surface area (Å²) in [5.74, 6) is -1.17. The second-order valence-corrected chi connectivity index (χ2v) is 4.75. The first kappa shape index (κ1) is 14.3. The highest BCUT2D eigenvalue weighted by Gasteiger charge is 2.24. The van der Waals surface area contributed by atoms with E-state index in [9.17, 15) is 14.9 Å². The average molecular weight is 280 g/mol. The number of benzene rings is 1. The van der Waals surface area contributed by atoms with E-state index in [1.165, 1.54) is 12.1 Å². The van der Waals surface area contributed by atoms with Crippen molar-refractivity contribution < 1.29 is 19.6 Å². The van der Waals surface area contributed by atoms with E-state index in [0.717, 1.165) is 12.5 Å². The van der Waals surface area contributed by atoms with Gasteiger partial charge in [0.25, 0.3) is 5.69 Å². The molecule has 0 saturated carbocycles. The van der Waals surface area contributed by atoms with Gasteiger partial charge in [0.2, 0.25) is 0 Å². The Morgan fingerprint density at radius 1 is 1.55 bits per heavy atom. The molecule has 1 N–H and O–H groups in total. The highest BCUT2D eigenvalue weighted by Crippen LogP contribution is 2.30. The van der Waals surface area contributed by atoms with Crippen LogP contribution in [0, 0.1) is 10.1 Å². The molecule has 1 atom stereocenters. The third-order valence-corrected chi connectivity index (χ3v) is 3.21. The molecular weight excluding hydrogens is 264 g/mol. The molecule has 1 aliphatic heterocycles. The highest BCUT2D eigenvalue weighted by atomic mass is 16.6. The van der Waals surface area contributed by atoms with E-state index in [-0.39, 0.29) is 17.4 Å². The maximum Gasteiger partial charge on any atom is 0.335 e. The average Bonchev–Trinajstić information content (AvgIpc) is 2.62. The monoisotopic (exact) mass is 280 g/mol. The van der Waals surface area contributed by atoms with E-state index in [1.54, 1.807) is 0 Å². The van der Waals surface area contributed by atoms with Crippen LogP contribution in [0.4, 0.5) is 11.4 Å². The van der Waals surface area contributed by atoms with Crippen molar-refractivity contribution in [2.24, 2.45) is 0 Å². The van der Waals surface area contributed by atoms with Gasteiger partial charge in [-0.2, -0.15) is 0 Å². The third-order valence-electron chi connectivity index (χ3n) is 3.21. The van der Waals surface area contributed by atoms with Crippen LogP contribution in [-0.2, 0) is 4.74 Å². The highest BCUT2D eigenvalue weighted by molar-refractivity contribution is 5.89. The van der Waals surface area contributed by atoms with Gasteiger partial charge in [-0.05, 0) is 25.5 Å². The normalized spacial score (nSPS) is 19.4. The van der Waals surface area contributed by atoms with E-state index >= 15 is 0 Å². The van der Waals surface area contributed by atoms with Gasteiger partial charge in [0, 0.05) is 25.8 Å². The van der Waals surface area contributed by atoms with Crippen LogP contribution in [0.5, 0.6) is 0 Å². The fourth-order valence-corrected chi connectivity index (χ4v) is 2.28. The van der Waals surface area contributed by atoms with Gasteiger partial charge < -0.3 is 14.7 Å². The topological polar surface area (TPSA) is 92.9 Å². The van der Waals surface area contributed by atoms with Crippen LogP contribution in [0.25, 0.3) is 0 Å². The number of nitrogens with zero attached hydrogens (tertiary/aromatic N) is 2. The molecule has 1 heterocycles. The molecule has 1 saturated heterocycles. The third kappa shape index (κ3) is 3.05. The van der Waals surface area contributed by atoms with Gasteiger partial charge in [-0.25, -0.2) is 4.79 Å². The lowest BCUT2D eigenvalue weighted by atomic mass is 10.1. The van der Waals surface area contributed by atoms with Crippen molar-refractivity contribution in [3.63, 3.8) is 0 Å². The number of ether oxygens (including phenoxy) is 1. The van der Waals surface area contributed by atoms with Crippen LogP contribution in [0.1, 0.15) is 23.7 Å². The van der Waals surface area contributed by atoms with Crippen LogP contribution in [-0.4, -0.2) is 41.8 Å². The Balaban J connectivity index is 2.39. The predicted molar refractivity (Wildman–Crippen MR) is 72.3 cm³/mol. The van der Waals surface area contributed by atoms with Crippen molar-refractivity contribution >= 4 is 17.3 Å². The number of nitro groups is 1. The Labute approximate surface area is 115 Å². The number of carboxylic acid groups (broad SMARTS) is 1. The number of rotatable bonds is 3. The lowest BCUT2D eigenvalue weighted by molar-refractivity contribution is -0.384. The molecule has 0 spiro atoms. The molecule has 1 unspecified atom stereocenters. The maximum atomic E-state index is 11.2. The molecule has 108 valence electrons. The standard InChI is InChI=1S/C13H16N2O5/c1-9-8-14(5-2-6-20-9)11-4-3-10(13(16)17)7-12(11)15(18)19/h3-4,7,9H,2,5-6,8H2,1H3,(H,16,17). The fraction of sp³-hybridized carbons (Fsp3) is 0.462. The first-order valence-corrected chi connectivity index (χ1v) is 6.37. The molecule has 20 heavy (non-hydrogen) atoms. The zero-order valence-corrected chi connectivity index (χ0v) is 11.1. The molecule has 2 rings (SSSR count). The Hall–Kier alpha value is -2.15. The molecule has 0 aliphatic carbocycles. The number of carboxylic acids is 1. The zero-order valence-electron chi connectivity index (χ0n) is 11.1. The number of nitro benzene ring substituents is 1. The van der Waals surface area contributed by atoms with Gasteiger partial charge in [0.1, 0.15) is 5.69 Å². The van der Waals surface area contributed by atoms with Gasteiger partial charge in [0.05, 0.1) is 16.6 Å². The summed E-state index contributed by atoms with van der Waals surface area (Å²) < 4.78 is 5.51. The number of hydrogen-bond acceptors (Lipinski definition) is 5. The van der Waals surface area contributed by atoms with Gasteiger partial charge in [-0.3, -0.25) is 10.1 Å². The fourth-order valence-electron chi connectivity index (χ4n) is 2.28.